The molecule has 0 unspecified atom stereocenters. The number of hydrogen-bond acceptors (Lipinski definition) is 4. The monoisotopic (exact) mass is 251 g/mol. The number of amides is 1. The molecule has 0 bridgehead atoms. The fraction of sp³-hybridized carbons (Fsp3) is 0.583. The van der Waals surface area contributed by atoms with E-state index in [-0.39, 0.29) is 0 Å². The highest BCUT2D eigenvalue weighted by molar-refractivity contribution is 7.08. The van der Waals surface area contributed by atoms with Crippen molar-refractivity contribution in [2.75, 3.05) is 0 Å². The molecule has 1 aromatic rings. The molecule has 0 spiro atoms. The first kappa shape index (κ1) is 12.2. The van der Waals surface area contributed by atoms with Crippen LogP contribution in [0.3, 0.4) is 0 Å². The van der Waals surface area contributed by atoms with Gasteiger partial charge in [-0.3, -0.25) is 4.79 Å². The molecule has 1 aromatic heterocycles. The molecule has 0 saturated heterocycles. The standard InChI is InChI=1S/C12H17N3OS/c1-14-12-9(10(11(13)16)17-15-12)7-8-5-3-2-4-6-8/h8H,1-7H2,(H2,13,16). The van der Waals surface area contributed by atoms with Crippen molar-refractivity contribution in [3.05, 3.63) is 10.4 Å². The quantitative estimate of drug-likeness (QED) is 0.836. The molecule has 1 aliphatic rings. The lowest BCUT2D eigenvalue weighted by molar-refractivity contribution is 0.100. The third-order valence-electron chi connectivity index (χ3n) is 3.36. The predicted molar refractivity (Wildman–Crippen MR) is 70.1 cm³/mol. The van der Waals surface area contributed by atoms with Crippen LogP contribution in [0.2, 0.25) is 0 Å². The Morgan fingerprint density at radius 1 is 1.47 bits per heavy atom. The number of aliphatic imine (C=N–C) groups is 1. The number of nitrogens with zero attached hydrogens (tertiary/aromatic N) is 2. The van der Waals surface area contributed by atoms with Crippen LogP contribution >= 0.6 is 11.5 Å². The second-order valence-electron chi connectivity index (χ2n) is 4.54. The Kier molecular flexibility index (Phi) is 3.89. The molecular weight excluding hydrogens is 234 g/mol. The first-order valence-corrected chi connectivity index (χ1v) is 6.74. The molecule has 0 radical (unpaired) electrons. The van der Waals surface area contributed by atoms with Crippen molar-refractivity contribution in [1.29, 1.82) is 0 Å². The zero-order chi connectivity index (χ0) is 12.3. The van der Waals surface area contributed by atoms with E-state index in [9.17, 15) is 4.79 Å². The van der Waals surface area contributed by atoms with E-state index in [2.05, 4.69) is 16.1 Å². The van der Waals surface area contributed by atoms with Crippen LogP contribution in [0.15, 0.2) is 4.99 Å². The number of rotatable bonds is 4. The second-order valence-corrected chi connectivity index (χ2v) is 5.32. The van der Waals surface area contributed by atoms with Gasteiger partial charge in [-0.1, -0.05) is 32.1 Å². The molecule has 0 atom stereocenters. The van der Waals surface area contributed by atoms with Crippen molar-refractivity contribution >= 4 is 30.0 Å². The Morgan fingerprint density at radius 2 is 2.18 bits per heavy atom. The second kappa shape index (κ2) is 5.40. The molecule has 1 saturated carbocycles. The molecule has 1 amide bonds. The highest BCUT2D eigenvalue weighted by Gasteiger charge is 2.22. The maximum Gasteiger partial charge on any atom is 0.260 e. The minimum absolute atomic E-state index is 0.400. The molecule has 0 aromatic carbocycles. The zero-order valence-electron chi connectivity index (χ0n) is 9.82. The third-order valence-corrected chi connectivity index (χ3v) is 4.25. The van der Waals surface area contributed by atoms with Crippen LogP contribution in [0.4, 0.5) is 5.82 Å². The summed E-state index contributed by atoms with van der Waals surface area (Å²) in [5.41, 5.74) is 6.26. The van der Waals surface area contributed by atoms with Crippen molar-refractivity contribution in [2.45, 2.75) is 38.5 Å². The molecule has 1 heterocycles. The molecular formula is C12H17N3OS. The first-order chi connectivity index (χ1) is 8.22. The van der Waals surface area contributed by atoms with E-state index in [1.54, 1.807) is 0 Å². The third kappa shape index (κ3) is 2.72. The van der Waals surface area contributed by atoms with Gasteiger partial charge >= 0.3 is 0 Å². The van der Waals surface area contributed by atoms with Crippen molar-refractivity contribution in [1.82, 2.24) is 4.37 Å². The summed E-state index contributed by atoms with van der Waals surface area (Å²) in [6.45, 7) is 3.50. The van der Waals surface area contributed by atoms with E-state index >= 15 is 0 Å². The van der Waals surface area contributed by atoms with Crippen LogP contribution in [0.1, 0.15) is 47.3 Å². The van der Waals surface area contributed by atoms with Gasteiger partial charge in [0.15, 0.2) is 5.82 Å². The van der Waals surface area contributed by atoms with Crippen LogP contribution in [0.5, 0.6) is 0 Å². The van der Waals surface area contributed by atoms with Crippen LogP contribution in [-0.2, 0) is 6.42 Å². The van der Waals surface area contributed by atoms with Crippen molar-refractivity contribution in [3.8, 4) is 0 Å². The van der Waals surface area contributed by atoms with Gasteiger partial charge < -0.3 is 5.73 Å². The fourth-order valence-electron chi connectivity index (χ4n) is 2.48. The average molecular weight is 251 g/mol. The molecule has 1 aliphatic carbocycles. The fourth-order valence-corrected chi connectivity index (χ4v) is 3.20. The summed E-state index contributed by atoms with van der Waals surface area (Å²) in [5.74, 6) is 0.830. The lowest BCUT2D eigenvalue weighted by Crippen LogP contribution is -2.14. The number of carbonyl (C=O) groups excluding carboxylic acids is 1. The number of hydrogen-bond donors (Lipinski definition) is 1. The summed E-state index contributed by atoms with van der Waals surface area (Å²) >= 11 is 1.14. The van der Waals surface area contributed by atoms with Gasteiger partial charge in [0.05, 0.1) is 0 Å². The molecule has 0 aliphatic heterocycles. The molecule has 92 valence electrons. The molecule has 5 heteroatoms. The molecule has 17 heavy (non-hydrogen) atoms. The van der Waals surface area contributed by atoms with Crippen molar-refractivity contribution in [2.24, 2.45) is 16.6 Å². The summed E-state index contributed by atoms with van der Waals surface area (Å²) in [4.78, 5) is 15.8. The average Bonchev–Trinajstić information content (AvgIpc) is 2.73. The van der Waals surface area contributed by atoms with Gasteiger partial charge in [0.1, 0.15) is 4.88 Å². The van der Waals surface area contributed by atoms with E-state index in [1.165, 1.54) is 32.1 Å². The highest BCUT2D eigenvalue weighted by atomic mass is 32.1. The smallest absolute Gasteiger partial charge is 0.260 e. The van der Waals surface area contributed by atoms with Gasteiger partial charge in [-0.2, -0.15) is 4.37 Å². The van der Waals surface area contributed by atoms with Crippen LogP contribution < -0.4 is 5.73 Å². The van der Waals surface area contributed by atoms with Gasteiger partial charge in [-0.15, -0.1) is 0 Å². The number of nitrogens with two attached hydrogens (primary N) is 1. The van der Waals surface area contributed by atoms with Crippen molar-refractivity contribution in [3.63, 3.8) is 0 Å². The molecule has 1 fully saturated rings. The first-order valence-electron chi connectivity index (χ1n) is 5.97. The summed E-state index contributed by atoms with van der Waals surface area (Å²) in [6.07, 6.45) is 7.21. The highest BCUT2D eigenvalue weighted by Crippen LogP contribution is 2.33. The van der Waals surface area contributed by atoms with Gasteiger partial charge in [0.25, 0.3) is 5.91 Å². The van der Waals surface area contributed by atoms with Gasteiger partial charge in [0, 0.05) is 5.56 Å². The topological polar surface area (TPSA) is 68.3 Å². The molecule has 4 nitrogen and oxygen atoms in total. The minimum Gasteiger partial charge on any atom is -0.365 e. The maximum absolute atomic E-state index is 11.3. The van der Waals surface area contributed by atoms with Gasteiger partial charge in [-0.05, 0) is 30.6 Å². The Balaban J connectivity index is 2.19. The Bertz CT molecular complexity index is 421. The van der Waals surface area contributed by atoms with E-state index < -0.39 is 5.91 Å². The SMILES string of the molecule is C=Nc1nsc(C(N)=O)c1CC1CCCCC1. The van der Waals surface area contributed by atoms with E-state index in [4.69, 9.17) is 5.73 Å². The molecule has 2 rings (SSSR count). The van der Waals surface area contributed by atoms with Crippen molar-refractivity contribution < 1.29 is 4.79 Å². The minimum atomic E-state index is -0.400. The lowest BCUT2D eigenvalue weighted by atomic mass is 9.85. The summed E-state index contributed by atoms with van der Waals surface area (Å²) in [5, 5.41) is 0. The summed E-state index contributed by atoms with van der Waals surface area (Å²) < 4.78 is 4.13. The number of carbonyl (C=O) groups is 1. The number of aromatic nitrogens is 1. The largest absolute Gasteiger partial charge is 0.365 e. The van der Waals surface area contributed by atoms with Crippen LogP contribution in [0, 0.1) is 5.92 Å². The molecule has 2 N–H and O–H groups in total. The van der Waals surface area contributed by atoms with Gasteiger partial charge in [0.2, 0.25) is 0 Å². The Hall–Kier alpha value is -1.23. The van der Waals surface area contributed by atoms with E-state index in [0.29, 0.717) is 16.6 Å². The summed E-state index contributed by atoms with van der Waals surface area (Å²) in [6, 6.07) is 0. The van der Waals surface area contributed by atoms with E-state index in [0.717, 1.165) is 23.5 Å². The number of primary amides is 1. The zero-order valence-corrected chi connectivity index (χ0v) is 10.6. The maximum atomic E-state index is 11.3. The Morgan fingerprint density at radius 3 is 2.76 bits per heavy atom. The predicted octanol–water partition coefficient (Wildman–Crippen LogP) is 2.70. The Labute approximate surface area is 105 Å². The van der Waals surface area contributed by atoms with Crippen LogP contribution in [-0.4, -0.2) is 17.0 Å². The van der Waals surface area contributed by atoms with Gasteiger partial charge in [-0.25, -0.2) is 4.99 Å². The van der Waals surface area contributed by atoms with E-state index in [1.807, 2.05) is 0 Å². The summed E-state index contributed by atoms with van der Waals surface area (Å²) in [7, 11) is 0. The lowest BCUT2D eigenvalue weighted by Gasteiger charge is -2.21. The van der Waals surface area contributed by atoms with Crippen LogP contribution in [0.25, 0.3) is 0 Å². The normalized spacial score (nSPS) is 16.9.